The van der Waals surface area contributed by atoms with Crippen molar-refractivity contribution >= 4 is 23.1 Å². The Kier molecular flexibility index (Phi) is 3.49. The summed E-state index contributed by atoms with van der Waals surface area (Å²) in [5.74, 6) is 0. The van der Waals surface area contributed by atoms with Gasteiger partial charge in [-0.15, -0.1) is 0 Å². The van der Waals surface area contributed by atoms with Crippen molar-refractivity contribution in [1.29, 1.82) is 5.26 Å². The average Bonchev–Trinajstić information content (AvgIpc) is 2.30. The van der Waals surface area contributed by atoms with Gasteiger partial charge in [0.25, 0.3) is 0 Å². The summed E-state index contributed by atoms with van der Waals surface area (Å²) in [5.41, 5.74) is 7.92. The van der Waals surface area contributed by atoms with E-state index in [0.717, 1.165) is 12.2 Å². The van der Waals surface area contributed by atoms with Crippen LogP contribution >= 0.6 is 11.8 Å². The Balaban J connectivity index is 2.07. The summed E-state index contributed by atoms with van der Waals surface area (Å²) in [5, 5.41) is 12.3. The summed E-state index contributed by atoms with van der Waals surface area (Å²) in [6, 6.07) is 7.65. The van der Waals surface area contributed by atoms with E-state index in [4.69, 9.17) is 11.0 Å². The maximum absolute atomic E-state index is 8.91. The van der Waals surface area contributed by atoms with E-state index in [1.165, 1.54) is 19.3 Å². The highest BCUT2D eigenvalue weighted by atomic mass is 32.2. The first-order valence-electron chi connectivity index (χ1n) is 5.78. The number of nitrogen functional groups attached to an aromatic ring is 1. The van der Waals surface area contributed by atoms with Gasteiger partial charge >= 0.3 is 0 Å². The molecule has 0 spiro atoms. The Morgan fingerprint density at radius 2 is 2.29 bits per heavy atom. The maximum Gasteiger partial charge on any atom is 0.101 e. The number of hydrogen-bond donors (Lipinski definition) is 2. The fourth-order valence-electron chi connectivity index (χ4n) is 2.10. The summed E-state index contributed by atoms with van der Waals surface area (Å²) in [6.45, 7) is 0.924. The molecule has 0 atom stereocenters. The number of nitriles is 1. The molecular formula is C13H17N3S. The van der Waals surface area contributed by atoms with Crippen LogP contribution in [0.4, 0.5) is 11.4 Å². The lowest BCUT2D eigenvalue weighted by Crippen LogP contribution is -2.40. The minimum Gasteiger partial charge on any atom is -0.396 e. The molecule has 0 aromatic heterocycles. The van der Waals surface area contributed by atoms with Crippen molar-refractivity contribution in [2.75, 3.05) is 23.9 Å². The van der Waals surface area contributed by atoms with Crippen LogP contribution < -0.4 is 11.1 Å². The van der Waals surface area contributed by atoms with Gasteiger partial charge in [0.1, 0.15) is 6.07 Å². The molecule has 0 heterocycles. The third-order valence-electron chi connectivity index (χ3n) is 3.53. The standard InChI is InChI=1S/C13H17N3S/c1-17-13(6-3-7-13)9-16-11-5-2-4-10(8-14)12(11)15/h2,4-5,16H,3,6-7,9,15H2,1H3. The van der Waals surface area contributed by atoms with Crippen LogP contribution in [0.2, 0.25) is 0 Å². The van der Waals surface area contributed by atoms with Crippen molar-refractivity contribution < 1.29 is 0 Å². The first kappa shape index (κ1) is 12.1. The Morgan fingerprint density at radius 3 is 2.82 bits per heavy atom. The van der Waals surface area contributed by atoms with Crippen LogP contribution in [-0.4, -0.2) is 17.5 Å². The topological polar surface area (TPSA) is 61.8 Å². The third kappa shape index (κ3) is 2.34. The molecule has 3 nitrogen and oxygen atoms in total. The Hall–Kier alpha value is -1.34. The molecule has 4 heteroatoms. The van der Waals surface area contributed by atoms with Gasteiger partial charge in [-0.2, -0.15) is 17.0 Å². The molecule has 2 rings (SSSR count). The fourth-order valence-corrected chi connectivity index (χ4v) is 3.01. The van der Waals surface area contributed by atoms with Crippen LogP contribution in [0.5, 0.6) is 0 Å². The van der Waals surface area contributed by atoms with Gasteiger partial charge in [-0.3, -0.25) is 0 Å². The molecule has 0 bridgehead atoms. The van der Waals surface area contributed by atoms with Crippen molar-refractivity contribution in [3.05, 3.63) is 23.8 Å². The molecule has 1 aromatic rings. The molecule has 3 N–H and O–H groups in total. The second kappa shape index (κ2) is 4.89. The SMILES string of the molecule is CSC1(CNc2cccc(C#N)c2N)CCC1. The van der Waals surface area contributed by atoms with Crippen molar-refractivity contribution in [3.63, 3.8) is 0 Å². The van der Waals surface area contributed by atoms with Crippen LogP contribution in [0.25, 0.3) is 0 Å². The number of benzene rings is 1. The van der Waals surface area contributed by atoms with E-state index in [1.54, 1.807) is 6.07 Å². The van der Waals surface area contributed by atoms with Gasteiger partial charge in [0.05, 0.1) is 16.9 Å². The number of nitrogens with one attached hydrogen (secondary N) is 1. The predicted octanol–water partition coefficient (Wildman–Crippen LogP) is 2.84. The largest absolute Gasteiger partial charge is 0.396 e. The molecule has 1 aliphatic carbocycles. The summed E-state index contributed by atoms with van der Waals surface area (Å²) in [6.07, 6.45) is 6.00. The summed E-state index contributed by atoms with van der Waals surface area (Å²) >= 11 is 1.93. The van der Waals surface area contributed by atoms with Crippen LogP contribution in [0.3, 0.4) is 0 Å². The van der Waals surface area contributed by atoms with E-state index < -0.39 is 0 Å². The van der Waals surface area contributed by atoms with E-state index in [9.17, 15) is 0 Å². The van der Waals surface area contributed by atoms with E-state index >= 15 is 0 Å². The monoisotopic (exact) mass is 247 g/mol. The van der Waals surface area contributed by atoms with Crippen molar-refractivity contribution in [2.24, 2.45) is 0 Å². The lowest BCUT2D eigenvalue weighted by atomic mass is 9.84. The van der Waals surface area contributed by atoms with Gasteiger partial charge in [0.15, 0.2) is 0 Å². The molecule has 0 amide bonds. The van der Waals surface area contributed by atoms with Crippen molar-refractivity contribution in [3.8, 4) is 6.07 Å². The van der Waals surface area contributed by atoms with Crippen molar-refractivity contribution in [2.45, 2.75) is 24.0 Å². The van der Waals surface area contributed by atoms with Gasteiger partial charge in [-0.1, -0.05) is 12.5 Å². The highest BCUT2D eigenvalue weighted by molar-refractivity contribution is 8.00. The van der Waals surface area contributed by atoms with Gasteiger partial charge in [-0.25, -0.2) is 0 Å². The van der Waals surface area contributed by atoms with Gasteiger partial charge in [-0.05, 0) is 31.2 Å². The molecule has 0 unspecified atom stereocenters. The second-order valence-corrected chi connectivity index (χ2v) is 5.75. The van der Waals surface area contributed by atoms with E-state index in [-0.39, 0.29) is 0 Å². The van der Waals surface area contributed by atoms with Crippen LogP contribution in [-0.2, 0) is 0 Å². The molecule has 1 aliphatic rings. The smallest absolute Gasteiger partial charge is 0.101 e. The Labute approximate surface area is 106 Å². The predicted molar refractivity (Wildman–Crippen MR) is 74.2 cm³/mol. The molecule has 0 radical (unpaired) electrons. The van der Waals surface area contributed by atoms with Crippen LogP contribution in [0.15, 0.2) is 18.2 Å². The number of para-hydroxylation sites is 1. The van der Waals surface area contributed by atoms with Crippen LogP contribution in [0.1, 0.15) is 24.8 Å². The zero-order chi connectivity index (χ0) is 12.3. The molecule has 0 aliphatic heterocycles. The van der Waals surface area contributed by atoms with E-state index in [2.05, 4.69) is 17.6 Å². The first-order valence-corrected chi connectivity index (χ1v) is 7.01. The molecule has 17 heavy (non-hydrogen) atoms. The van der Waals surface area contributed by atoms with Gasteiger partial charge in [0, 0.05) is 11.3 Å². The van der Waals surface area contributed by atoms with E-state index in [1.807, 2.05) is 23.9 Å². The van der Waals surface area contributed by atoms with Crippen molar-refractivity contribution in [1.82, 2.24) is 0 Å². The molecule has 90 valence electrons. The Bertz CT molecular complexity index is 441. The number of nitrogens with two attached hydrogens (primary N) is 1. The number of thioether (sulfide) groups is 1. The molecule has 0 saturated heterocycles. The van der Waals surface area contributed by atoms with Gasteiger partial charge < -0.3 is 11.1 Å². The number of hydrogen-bond acceptors (Lipinski definition) is 4. The molecular weight excluding hydrogens is 230 g/mol. The lowest BCUT2D eigenvalue weighted by Gasteiger charge is -2.40. The summed E-state index contributed by atoms with van der Waals surface area (Å²) < 4.78 is 0.370. The average molecular weight is 247 g/mol. The highest BCUT2D eigenvalue weighted by Gasteiger charge is 2.35. The number of anilines is 2. The number of rotatable bonds is 4. The molecule has 1 fully saturated rings. The second-order valence-electron chi connectivity index (χ2n) is 4.47. The zero-order valence-corrected chi connectivity index (χ0v) is 10.8. The normalized spacial score (nSPS) is 16.9. The summed E-state index contributed by atoms with van der Waals surface area (Å²) in [7, 11) is 0. The maximum atomic E-state index is 8.91. The minimum absolute atomic E-state index is 0.370. The molecule has 1 aromatic carbocycles. The van der Waals surface area contributed by atoms with Crippen LogP contribution in [0, 0.1) is 11.3 Å². The Morgan fingerprint density at radius 1 is 1.53 bits per heavy atom. The van der Waals surface area contributed by atoms with E-state index in [0.29, 0.717) is 16.0 Å². The summed E-state index contributed by atoms with van der Waals surface area (Å²) in [4.78, 5) is 0. The minimum atomic E-state index is 0.370. The fraction of sp³-hybridized carbons (Fsp3) is 0.462. The first-order chi connectivity index (χ1) is 8.21. The zero-order valence-electron chi connectivity index (χ0n) is 9.99. The quantitative estimate of drug-likeness (QED) is 0.803. The number of nitrogens with zero attached hydrogens (tertiary/aromatic N) is 1. The third-order valence-corrected chi connectivity index (χ3v) is 4.94. The van der Waals surface area contributed by atoms with Gasteiger partial charge in [0.2, 0.25) is 0 Å². The highest BCUT2D eigenvalue weighted by Crippen LogP contribution is 2.43. The molecule has 1 saturated carbocycles. The lowest BCUT2D eigenvalue weighted by molar-refractivity contribution is 0.380.